The van der Waals surface area contributed by atoms with E-state index in [2.05, 4.69) is 4.74 Å². The highest BCUT2D eigenvalue weighted by Gasteiger charge is 2.29. The van der Waals surface area contributed by atoms with E-state index in [4.69, 9.17) is 5.11 Å². The number of carbonyl (C=O) groups is 2. The molecule has 0 aliphatic heterocycles. The minimum atomic E-state index is -3.78. The maximum atomic E-state index is 11.7. The van der Waals surface area contributed by atoms with E-state index >= 15 is 0 Å². The average molecular weight is 281 g/mol. The van der Waals surface area contributed by atoms with Crippen molar-refractivity contribution in [2.75, 3.05) is 12.9 Å². The molecule has 0 radical (unpaired) electrons. The molecule has 0 unspecified atom stereocenters. The lowest BCUT2D eigenvalue weighted by Crippen LogP contribution is -2.45. The van der Waals surface area contributed by atoms with Gasteiger partial charge in [0, 0.05) is 0 Å². The zero-order chi connectivity index (χ0) is 14.6. The van der Waals surface area contributed by atoms with Crippen LogP contribution in [-0.2, 0) is 24.3 Å². The Balaban J connectivity index is 4.79. The third-order valence-corrected chi connectivity index (χ3v) is 3.73. The number of carboxylic acids is 1. The van der Waals surface area contributed by atoms with Crippen LogP contribution in [0.4, 0.5) is 0 Å². The van der Waals surface area contributed by atoms with Crippen molar-refractivity contribution in [2.45, 2.75) is 33.2 Å². The maximum absolute atomic E-state index is 11.7. The van der Waals surface area contributed by atoms with Crippen LogP contribution in [0.25, 0.3) is 0 Å². The van der Waals surface area contributed by atoms with Gasteiger partial charge in [-0.1, -0.05) is 20.8 Å². The molecule has 7 nitrogen and oxygen atoms in total. The molecule has 0 saturated carbocycles. The Morgan fingerprint density at radius 2 is 1.83 bits per heavy atom. The third kappa shape index (κ3) is 7.23. The van der Waals surface area contributed by atoms with Gasteiger partial charge in [-0.15, -0.1) is 0 Å². The zero-order valence-electron chi connectivity index (χ0n) is 10.9. The van der Waals surface area contributed by atoms with Crippen LogP contribution in [0, 0.1) is 5.41 Å². The lowest BCUT2D eigenvalue weighted by molar-refractivity contribution is -0.147. The number of hydrogen-bond acceptors (Lipinski definition) is 5. The van der Waals surface area contributed by atoms with Gasteiger partial charge in [-0.2, -0.15) is 0 Å². The number of aliphatic carboxylic acids is 1. The summed E-state index contributed by atoms with van der Waals surface area (Å²) < 4.78 is 29.7. The minimum Gasteiger partial charge on any atom is -0.480 e. The summed E-state index contributed by atoms with van der Waals surface area (Å²) in [5.74, 6) is -2.44. The second-order valence-corrected chi connectivity index (χ2v) is 6.86. The molecular weight excluding hydrogens is 262 g/mol. The molecule has 0 rings (SSSR count). The van der Waals surface area contributed by atoms with Crippen LogP contribution in [0.15, 0.2) is 0 Å². The van der Waals surface area contributed by atoms with E-state index in [1.807, 2.05) is 4.72 Å². The number of rotatable bonds is 6. The fourth-order valence-corrected chi connectivity index (χ4v) is 3.10. The van der Waals surface area contributed by atoms with Crippen molar-refractivity contribution >= 4 is 22.0 Å². The number of carbonyl (C=O) groups excluding carboxylic acids is 1. The largest absolute Gasteiger partial charge is 0.480 e. The first-order valence-corrected chi connectivity index (χ1v) is 6.92. The molecule has 0 aliphatic carbocycles. The van der Waals surface area contributed by atoms with Crippen LogP contribution in [0.5, 0.6) is 0 Å². The molecule has 8 heteroatoms. The molecule has 0 aromatic carbocycles. The molecule has 0 saturated heterocycles. The highest BCUT2D eigenvalue weighted by molar-refractivity contribution is 7.89. The van der Waals surface area contributed by atoms with Gasteiger partial charge in [-0.25, -0.2) is 13.1 Å². The van der Waals surface area contributed by atoms with Gasteiger partial charge in [0.05, 0.1) is 19.3 Å². The number of esters is 1. The number of sulfonamides is 1. The van der Waals surface area contributed by atoms with Crippen LogP contribution >= 0.6 is 0 Å². The molecule has 0 bridgehead atoms. The zero-order valence-corrected chi connectivity index (χ0v) is 11.7. The monoisotopic (exact) mass is 281 g/mol. The number of carboxylic acid groups (broad SMARTS) is 1. The molecule has 1 atom stereocenters. The smallest absolute Gasteiger partial charge is 0.322 e. The summed E-state index contributed by atoms with van der Waals surface area (Å²) in [5.41, 5.74) is -0.514. The van der Waals surface area contributed by atoms with Gasteiger partial charge >= 0.3 is 11.9 Å². The summed E-state index contributed by atoms with van der Waals surface area (Å²) in [7, 11) is -2.67. The maximum Gasteiger partial charge on any atom is 0.322 e. The van der Waals surface area contributed by atoms with Crippen molar-refractivity contribution in [2.24, 2.45) is 5.41 Å². The molecule has 0 aromatic rings. The van der Waals surface area contributed by atoms with Crippen molar-refractivity contribution in [1.29, 1.82) is 0 Å². The highest BCUT2D eigenvalue weighted by Crippen LogP contribution is 2.15. The Hall–Kier alpha value is -1.15. The first-order chi connectivity index (χ1) is 7.97. The summed E-state index contributed by atoms with van der Waals surface area (Å²) in [5, 5.41) is 8.84. The van der Waals surface area contributed by atoms with Gasteiger partial charge in [0.25, 0.3) is 0 Å². The van der Waals surface area contributed by atoms with E-state index < -0.39 is 39.8 Å². The minimum absolute atomic E-state index is 0.231. The fraction of sp³-hybridized carbons (Fsp3) is 0.800. The molecule has 0 aromatic heterocycles. The van der Waals surface area contributed by atoms with E-state index in [1.165, 1.54) is 0 Å². The topological polar surface area (TPSA) is 110 Å². The molecule has 0 spiro atoms. The predicted octanol–water partition coefficient (Wildman–Crippen LogP) is -0.0318. The van der Waals surface area contributed by atoms with E-state index in [0.717, 1.165) is 7.11 Å². The van der Waals surface area contributed by atoms with Gasteiger partial charge in [0.15, 0.2) is 0 Å². The van der Waals surface area contributed by atoms with Crippen molar-refractivity contribution in [3.8, 4) is 0 Å². The number of hydrogen-bond donors (Lipinski definition) is 2. The van der Waals surface area contributed by atoms with Crippen LogP contribution < -0.4 is 4.72 Å². The first-order valence-electron chi connectivity index (χ1n) is 5.26. The molecule has 106 valence electrons. The Morgan fingerprint density at radius 1 is 1.33 bits per heavy atom. The van der Waals surface area contributed by atoms with Gasteiger partial charge in [0.1, 0.15) is 6.04 Å². The van der Waals surface area contributed by atoms with E-state index in [1.54, 1.807) is 20.8 Å². The molecule has 0 amide bonds. The standard InChI is InChI=1S/C10H19NO6S/c1-10(2,3)6-18(15,16)11-7(9(13)14)5-8(12)17-4/h7,11H,5-6H2,1-4H3,(H,13,14)/t7-/m0/s1. The normalized spacial score (nSPS) is 14.0. The number of methoxy groups -OCH3 is 1. The second-order valence-electron chi connectivity index (χ2n) is 5.11. The summed E-state index contributed by atoms with van der Waals surface area (Å²) in [6.07, 6.45) is -0.546. The fourth-order valence-electron chi connectivity index (χ4n) is 1.26. The Morgan fingerprint density at radius 3 is 2.17 bits per heavy atom. The number of nitrogens with one attached hydrogen (secondary N) is 1. The molecule has 18 heavy (non-hydrogen) atoms. The summed E-state index contributed by atoms with van der Waals surface area (Å²) >= 11 is 0. The van der Waals surface area contributed by atoms with Crippen molar-refractivity contribution < 1.29 is 27.9 Å². The van der Waals surface area contributed by atoms with Crippen molar-refractivity contribution in [3.05, 3.63) is 0 Å². The Labute approximate surface area is 107 Å². The second kappa shape index (κ2) is 6.14. The van der Waals surface area contributed by atoms with Gasteiger partial charge in [-0.05, 0) is 5.41 Å². The number of ether oxygens (including phenoxy) is 1. The molecule has 0 aliphatic rings. The third-order valence-electron chi connectivity index (χ3n) is 1.84. The van der Waals surface area contributed by atoms with Crippen LogP contribution in [-0.4, -0.2) is 44.4 Å². The first kappa shape index (κ1) is 16.9. The van der Waals surface area contributed by atoms with Gasteiger partial charge < -0.3 is 9.84 Å². The molecule has 0 heterocycles. The van der Waals surface area contributed by atoms with Gasteiger partial charge in [0.2, 0.25) is 10.0 Å². The SMILES string of the molecule is COC(=O)C[C@H](NS(=O)(=O)CC(C)(C)C)C(=O)O. The Bertz CT molecular complexity index is 409. The van der Waals surface area contributed by atoms with Crippen molar-refractivity contribution in [3.63, 3.8) is 0 Å². The average Bonchev–Trinajstić information content (AvgIpc) is 2.11. The van der Waals surface area contributed by atoms with E-state index in [-0.39, 0.29) is 5.75 Å². The predicted molar refractivity (Wildman–Crippen MR) is 64.4 cm³/mol. The van der Waals surface area contributed by atoms with E-state index in [9.17, 15) is 18.0 Å². The molecular formula is C10H19NO6S. The van der Waals surface area contributed by atoms with Crippen LogP contribution in [0.1, 0.15) is 27.2 Å². The lowest BCUT2D eigenvalue weighted by Gasteiger charge is -2.20. The van der Waals surface area contributed by atoms with Crippen LogP contribution in [0.3, 0.4) is 0 Å². The van der Waals surface area contributed by atoms with E-state index in [0.29, 0.717) is 0 Å². The van der Waals surface area contributed by atoms with Crippen molar-refractivity contribution in [1.82, 2.24) is 4.72 Å². The lowest BCUT2D eigenvalue weighted by atomic mass is 10.0. The molecule has 2 N–H and O–H groups in total. The molecule has 0 fully saturated rings. The summed E-state index contributed by atoms with van der Waals surface area (Å²) in [4.78, 5) is 21.8. The van der Waals surface area contributed by atoms with Gasteiger partial charge in [-0.3, -0.25) is 9.59 Å². The summed E-state index contributed by atoms with van der Waals surface area (Å²) in [6.45, 7) is 5.13. The quantitative estimate of drug-likeness (QED) is 0.661. The Kier molecular flexibility index (Phi) is 5.75. The summed E-state index contributed by atoms with van der Waals surface area (Å²) in [6, 6.07) is -1.51. The highest BCUT2D eigenvalue weighted by atomic mass is 32.2. The van der Waals surface area contributed by atoms with Crippen LogP contribution in [0.2, 0.25) is 0 Å².